The molecule has 2 rings (SSSR count). The Morgan fingerprint density at radius 2 is 1.94 bits per heavy atom. The molecule has 88 valence electrons. The first-order valence-electron chi connectivity index (χ1n) is 6.02. The predicted octanol–water partition coefficient (Wildman–Crippen LogP) is 2.99. The highest BCUT2D eigenvalue weighted by atomic mass is 16.5. The number of hydrogen-bond donors (Lipinski definition) is 1. The van der Waals surface area contributed by atoms with Gasteiger partial charge in [0, 0.05) is 0 Å². The number of ether oxygens (including phenoxy) is 1. The Balaban J connectivity index is 1.99. The molecule has 0 heterocycles. The molecular weight excluding hydrogens is 200 g/mol. The van der Waals surface area contributed by atoms with Gasteiger partial charge >= 0.3 is 0 Å². The van der Waals surface area contributed by atoms with Crippen LogP contribution in [0.4, 0.5) is 0 Å². The maximum atomic E-state index is 10.2. The monoisotopic (exact) mass is 220 g/mol. The van der Waals surface area contributed by atoms with Gasteiger partial charge in [0.15, 0.2) is 0 Å². The Kier molecular flexibility index (Phi) is 3.20. The van der Waals surface area contributed by atoms with Gasteiger partial charge in [-0.2, -0.15) is 0 Å². The molecule has 0 aliphatic heterocycles. The SMILES string of the molecule is Cc1ccc(OCC2(O)CCCC2)c(C)c1. The van der Waals surface area contributed by atoms with E-state index in [1.54, 1.807) is 0 Å². The van der Waals surface area contributed by atoms with Crippen molar-refractivity contribution in [2.24, 2.45) is 0 Å². The number of hydrogen-bond acceptors (Lipinski definition) is 2. The summed E-state index contributed by atoms with van der Waals surface area (Å²) >= 11 is 0. The van der Waals surface area contributed by atoms with Crippen molar-refractivity contribution in [2.45, 2.75) is 45.1 Å². The lowest BCUT2D eigenvalue weighted by Gasteiger charge is -2.22. The molecule has 2 nitrogen and oxygen atoms in total. The van der Waals surface area contributed by atoms with Crippen LogP contribution in [0.15, 0.2) is 18.2 Å². The molecule has 0 bridgehead atoms. The zero-order chi connectivity index (χ0) is 11.6. The summed E-state index contributed by atoms with van der Waals surface area (Å²) in [6.45, 7) is 4.54. The Labute approximate surface area is 97.3 Å². The molecule has 1 fully saturated rings. The molecule has 1 saturated carbocycles. The van der Waals surface area contributed by atoms with Crippen LogP contribution in [0.25, 0.3) is 0 Å². The molecule has 1 aliphatic carbocycles. The first-order chi connectivity index (χ1) is 7.59. The molecule has 0 atom stereocenters. The van der Waals surface area contributed by atoms with E-state index < -0.39 is 5.60 Å². The van der Waals surface area contributed by atoms with Gasteiger partial charge in [-0.25, -0.2) is 0 Å². The summed E-state index contributed by atoms with van der Waals surface area (Å²) in [5, 5.41) is 10.2. The van der Waals surface area contributed by atoms with Crippen molar-refractivity contribution in [1.82, 2.24) is 0 Å². The molecule has 0 saturated heterocycles. The van der Waals surface area contributed by atoms with Gasteiger partial charge in [0.1, 0.15) is 12.4 Å². The van der Waals surface area contributed by atoms with E-state index in [4.69, 9.17) is 4.74 Å². The molecule has 0 radical (unpaired) electrons. The second kappa shape index (κ2) is 4.46. The molecule has 1 N–H and O–H groups in total. The van der Waals surface area contributed by atoms with E-state index >= 15 is 0 Å². The Hall–Kier alpha value is -1.02. The average Bonchev–Trinajstić information content (AvgIpc) is 2.64. The molecular formula is C14H20O2. The quantitative estimate of drug-likeness (QED) is 0.848. The lowest BCUT2D eigenvalue weighted by molar-refractivity contribution is 0.00122. The largest absolute Gasteiger partial charge is 0.490 e. The molecule has 1 aliphatic rings. The van der Waals surface area contributed by atoms with E-state index in [0.717, 1.165) is 37.0 Å². The summed E-state index contributed by atoms with van der Waals surface area (Å²) in [4.78, 5) is 0. The van der Waals surface area contributed by atoms with E-state index in [1.165, 1.54) is 5.56 Å². The summed E-state index contributed by atoms with van der Waals surface area (Å²) in [5.41, 5.74) is 1.79. The Bertz CT molecular complexity index is 365. The van der Waals surface area contributed by atoms with Crippen molar-refractivity contribution >= 4 is 0 Å². The lowest BCUT2D eigenvalue weighted by atomic mass is 10.0. The first-order valence-corrected chi connectivity index (χ1v) is 6.02. The molecule has 0 unspecified atom stereocenters. The minimum absolute atomic E-state index is 0.427. The van der Waals surface area contributed by atoms with Gasteiger partial charge in [0.25, 0.3) is 0 Å². The van der Waals surface area contributed by atoms with Crippen LogP contribution in [-0.4, -0.2) is 17.3 Å². The highest BCUT2D eigenvalue weighted by molar-refractivity contribution is 5.35. The summed E-state index contributed by atoms with van der Waals surface area (Å²) in [6.07, 6.45) is 3.98. The second-order valence-corrected chi connectivity index (χ2v) is 4.99. The minimum Gasteiger partial charge on any atom is -0.490 e. The lowest BCUT2D eigenvalue weighted by Crippen LogP contribution is -2.32. The van der Waals surface area contributed by atoms with E-state index in [9.17, 15) is 5.11 Å². The van der Waals surface area contributed by atoms with Crippen LogP contribution in [-0.2, 0) is 0 Å². The van der Waals surface area contributed by atoms with Crippen LogP contribution in [0.3, 0.4) is 0 Å². The Morgan fingerprint density at radius 1 is 1.25 bits per heavy atom. The number of benzene rings is 1. The van der Waals surface area contributed by atoms with Crippen molar-refractivity contribution in [1.29, 1.82) is 0 Å². The van der Waals surface area contributed by atoms with Crippen molar-refractivity contribution in [3.63, 3.8) is 0 Å². The van der Waals surface area contributed by atoms with Crippen LogP contribution >= 0.6 is 0 Å². The normalized spacial score (nSPS) is 18.7. The molecule has 0 amide bonds. The smallest absolute Gasteiger partial charge is 0.122 e. The number of aryl methyl sites for hydroxylation is 2. The summed E-state index contributed by atoms with van der Waals surface area (Å²) in [7, 11) is 0. The van der Waals surface area contributed by atoms with Gasteiger partial charge < -0.3 is 9.84 Å². The van der Waals surface area contributed by atoms with Gasteiger partial charge in [0.05, 0.1) is 5.60 Å². The highest BCUT2D eigenvalue weighted by Gasteiger charge is 2.31. The van der Waals surface area contributed by atoms with Gasteiger partial charge in [-0.15, -0.1) is 0 Å². The average molecular weight is 220 g/mol. The van der Waals surface area contributed by atoms with Gasteiger partial charge in [-0.3, -0.25) is 0 Å². The van der Waals surface area contributed by atoms with E-state index in [0.29, 0.717) is 6.61 Å². The maximum absolute atomic E-state index is 10.2. The third-order valence-electron chi connectivity index (χ3n) is 3.36. The summed E-state index contributed by atoms with van der Waals surface area (Å²) in [6, 6.07) is 6.14. The molecule has 1 aromatic rings. The van der Waals surface area contributed by atoms with E-state index in [2.05, 4.69) is 13.0 Å². The highest BCUT2D eigenvalue weighted by Crippen LogP contribution is 2.30. The number of aliphatic hydroxyl groups is 1. The third-order valence-corrected chi connectivity index (χ3v) is 3.36. The Morgan fingerprint density at radius 3 is 2.56 bits per heavy atom. The van der Waals surface area contributed by atoms with Crippen molar-refractivity contribution in [3.8, 4) is 5.75 Å². The van der Waals surface area contributed by atoms with Crippen molar-refractivity contribution in [3.05, 3.63) is 29.3 Å². The van der Waals surface area contributed by atoms with Crippen molar-refractivity contribution < 1.29 is 9.84 Å². The summed E-state index contributed by atoms with van der Waals surface area (Å²) < 4.78 is 5.73. The van der Waals surface area contributed by atoms with E-state index in [1.807, 2.05) is 19.1 Å². The molecule has 2 heteroatoms. The standard InChI is InChI=1S/C14H20O2/c1-11-5-6-13(12(2)9-11)16-10-14(15)7-3-4-8-14/h5-6,9,15H,3-4,7-8,10H2,1-2H3. The van der Waals surface area contributed by atoms with Gasteiger partial charge in [-0.05, 0) is 38.3 Å². The topological polar surface area (TPSA) is 29.5 Å². The van der Waals surface area contributed by atoms with E-state index in [-0.39, 0.29) is 0 Å². The maximum Gasteiger partial charge on any atom is 0.122 e. The fraction of sp³-hybridized carbons (Fsp3) is 0.571. The van der Waals surface area contributed by atoms with Crippen LogP contribution < -0.4 is 4.74 Å². The van der Waals surface area contributed by atoms with Crippen LogP contribution in [0.5, 0.6) is 5.75 Å². The molecule has 1 aromatic carbocycles. The molecule has 0 spiro atoms. The van der Waals surface area contributed by atoms with Crippen LogP contribution in [0.2, 0.25) is 0 Å². The zero-order valence-electron chi connectivity index (χ0n) is 10.1. The van der Waals surface area contributed by atoms with Crippen LogP contribution in [0, 0.1) is 13.8 Å². The molecule has 16 heavy (non-hydrogen) atoms. The van der Waals surface area contributed by atoms with Gasteiger partial charge in [0.2, 0.25) is 0 Å². The van der Waals surface area contributed by atoms with Gasteiger partial charge in [-0.1, -0.05) is 30.5 Å². The van der Waals surface area contributed by atoms with Crippen LogP contribution in [0.1, 0.15) is 36.8 Å². The predicted molar refractivity (Wildman–Crippen MR) is 64.8 cm³/mol. The summed E-state index contributed by atoms with van der Waals surface area (Å²) in [5.74, 6) is 0.894. The number of rotatable bonds is 3. The zero-order valence-corrected chi connectivity index (χ0v) is 10.1. The minimum atomic E-state index is -0.586. The molecule has 0 aromatic heterocycles. The second-order valence-electron chi connectivity index (χ2n) is 4.99. The fourth-order valence-electron chi connectivity index (χ4n) is 2.35. The fourth-order valence-corrected chi connectivity index (χ4v) is 2.35. The van der Waals surface area contributed by atoms with Crippen molar-refractivity contribution in [2.75, 3.05) is 6.61 Å². The third kappa shape index (κ3) is 2.56. The first kappa shape index (κ1) is 11.5.